The van der Waals surface area contributed by atoms with Crippen molar-refractivity contribution in [2.75, 3.05) is 13.1 Å². The smallest absolute Gasteiger partial charge is 0.237 e. The van der Waals surface area contributed by atoms with Gasteiger partial charge in [-0.15, -0.1) is 0 Å². The molecule has 2 aromatic rings. The number of carbonyl (C=O) groups is 1. The zero-order chi connectivity index (χ0) is 17.5. The van der Waals surface area contributed by atoms with Gasteiger partial charge in [0.05, 0.1) is 18.8 Å². The van der Waals surface area contributed by atoms with Crippen molar-refractivity contribution in [3.05, 3.63) is 60.1 Å². The molecule has 0 spiro atoms. The number of piperidine rings is 1. The molecule has 1 aliphatic heterocycles. The Morgan fingerprint density at radius 3 is 2.64 bits per heavy atom. The number of hydrogen-bond donors (Lipinski definition) is 2. The first-order valence-corrected chi connectivity index (χ1v) is 9.03. The fourth-order valence-corrected chi connectivity index (χ4v) is 3.27. The summed E-state index contributed by atoms with van der Waals surface area (Å²) in [6.07, 6.45) is 3.76. The third-order valence-corrected chi connectivity index (χ3v) is 4.73. The van der Waals surface area contributed by atoms with E-state index in [1.165, 1.54) is 5.56 Å². The Kier molecular flexibility index (Phi) is 6.25. The number of rotatable bonds is 7. The zero-order valence-electron chi connectivity index (χ0n) is 14.8. The number of benzene rings is 1. The summed E-state index contributed by atoms with van der Waals surface area (Å²) in [5.74, 6) is 0.790. The summed E-state index contributed by atoms with van der Waals surface area (Å²) >= 11 is 0. The molecule has 5 heteroatoms. The number of likely N-dealkylation sites (tertiary alicyclic amines) is 1. The number of carbonyl (C=O) groups excluding carboxylic acids is 1. The number of nitrogens with one attached hydrogen (secondary N) is 2. The molecule has 0 saturated carbocycles. The minimum atomic E-state index is -0.194. The van der Waals surface area contributed by atoms with E-state index >= 15 is 0 Å². The Balaban J connectivity index is 1.37. The lowest BCUT2D eigenvalue weighted by atomic mass is 10.0. The highest BCUT2D eigenvalue weighted by Crippen LogP contribution is 2.14. The van der Waals surface area contributed by atoms with Crippen molar-refractivity contribution in [1.29, 1.82) is 0 Å². The predicted octanol–water partition coefficient (Wildman–Crippen LogP) is 2.54. The van der Waals surface area contributed by atoms with Gasteiger partial charge >= 0.3 is 0 Å². The largest absolute Gasteiger partial charge is 0.467 e. The van der Waals surface area contributed by atoms with Gasteiger partial charge in [-0.1, -0.05) is 30.3 Å². The van der Waals surface area contributed by atoms with Gasteiger partial charge in [0.2, 0.25) is 5.91 Å². The van der Waals surface area contributed by atoms with E-state index in [1.54, 1.807) is 6.26 Å². The van der Waals surface area contributed by atoms with E-state index < -0.39 is 0 Å². The summed E-state index contributed by atoms with van der Waals surface area (Å²) in [6, 6.07) is 14.5. The van der Waals surface area contributed by atoms with Gasteiger partial charge in [-0.25, -0.2) is 0 Å². The second kappa shape index (κ2) is 8.83. The third kappa shape index (κ3) is 5.44. The summed E-state index contributed by atoms with van der Waals surface area (Å²) in [7, 11) is 0. The van der Waals surface area contributed by atoms with Crippen LogP contribution < -0.4 is 10.6 Å². The molecule has 2 heterocycles. The van der Waals surface area contributed by atoms with Crippen LogP contribution >= 0.6 is 0 Å². The van der Waals surface area contributed by atoms with Crippen molar-refractivity contribution < 1.29 is 9.21 Å². The number of nitrogens with zero attached hydrogens (tertiary/aromatic N) is 1. The number of hydrogen-bond acceptors (Lipinski definition) is 4. The summed E-state index contributed by atoms with van der Waals surface area (Å²) in [5.41, 5.74) is 1.36. The molecule has 1 fully saturated rings. The molecular weight excluding hydrogens is 314 g/mol. The van der Waals surface area contributed by atoms with Crippen LogP contribution in [0.2, 0.25) is 0 Å². The van der Waals surface area contributed by atoms with E-state index in [9.17, 15) is 4.79 Å². The summed E-state index contributed by atoms with van der Waals surface area (Å²) in [5, 5.41) is 6.37. The van der Waals surface area contributed by atoms with Gasteiger partial charge < -0.3 is 15.1 Å². The Bertz CT molecular complexity index is 634. The van der Waals surface area contributed by atoms with Crippen molar-refractivity contribution in [2.24, 2.45) is 0 Å². The molecule has 25 heavy (non-hydrogen) atoms. The van der Waals surface area contributed by atoms with Crippen molar-refractivity contribution in [1.82, 2.24) is 15.5 Å². The van der Waals surface area contributed by atoms with E-state index in [4.69, 9.17) is 4.42 Å². The van der Waals surface area contributed by atoms with Gasteiger partial charge in [0.15, 0.2) is 0 Å². The van der Waals surface area contributed by atoms with Crippen LogP contribution in [0.3, 0.4) is 0 Å². The second-order valence-electron chi connectivity index (χ2n) is 6.72. The van der Waals surface area contributed by atoms with E-state index in [-0.39, 0.29) is 11.9 Å². The molecule has 0 aliphatic carbocycles. The minimum Gasteiger partial charge on any atom is -0.467 e. The molecule has 134 valence electrons. The van der Waals surface area contributed by atoms with Crippen LogP contribution in [0.15, 0.2) is 53.1 Å². The molecular formula is C20H27N3O2. The fourth-order valence-electron chi connectivity index (χ4n) is 3.27. The van der Waals surface area contributed by atoms with E-state index in [0.29, 0.717) is 12.6 Å². The molecule has 0 bridgehead atoms. The Hall–Kier alpha value is -2.11. The molecule has 3 rings (SSSR count). The zero-order valence-corrected chi connectivity index (χ0v) is 14.8. The highest BCUT2D eigenvalue weighted by Gasteiger charge is 2.22. The molecule has 5 nitrogen and oxygen atoms in total. The molecule has 1 saturated heterocycles. The van der Waals surface area contributed by atoms with Crippen LogP contribution in [0.5, 0.6) is 0 Å². The Morgan fingerprint density at radius 1 is 1.20 bits per heavy atom. The van der Waals surface area contributed by atoms with Crippen LogP contribution in [0.4, 0.5) is 0 Å². The van der Waals surface area contributed by atoms with Crippen LogP contribution in [0.25, 0.3) is 0 Å². The Morgan fingerprint density at radius 2 is 1.96 bits per heavy atom. The molecule has 0 unspecified atom stereocenters. The average Bonchev–Trinajstić information content (AvgIpc) is 3.16. The van der Waals surface area contributed by atoms with Crippen molar-refractivity contribution in [2.45, 2.75) is 44.9 Å². The lowest BCUT2D eigenvalue weighted by Gasteiger charge is -2.33. The summed E-state index contributed by atoms with van der Waals surface area (Å²) < 4.78 is 5.23. The van der Waals surface area contributed by atoms with Gasteiger partial charge in [-0.3, -0.25) is 9.69 Å². The van der Waals surface area contributed by atoms with Gasteiger partial charge in [0, 0.05) is 12.6 Å². The highest BCUT2D eigenvalue weighted by atomic mass is 16.3. The molecule has 1 aliphatic rings. The minimum absolute atomic E-state index is 0.0168. The maximum absolute atomic E-state index is 12.2. The number of furan rings is 1. The van der Waals surface area contributed by atoms with Gasteiger partial charge in [-0.05, 0) is 50.6 Å². The van der Waals surface area contributed by atoms with Crippen LogP contribution in [0.1, 0.15) is 31.1 Å². The Labute approximate surface area is 149 Å². The quantitative estimate of drug-likeness (QED) is 0.813. The SMILES string of the molecule is C[C@H](NC1CCN(Cc2ccccc2)CC1)C(=O)NCc1ccco1. The normalized spacial score (nSPS) is 17.3. The maximum atomic E-state index is 12.2. The van der Waals surface area contributed by atoms with Crippen LogP contribution in [-0.2, 0) is 17.9 Å². The fraction of sp³-hybridized carbons (Fsp3) is 0.450. The van der Waals surface area contributed by atoms with Gasteiger partial charge in [0.25, 0.3) is 0 Å². The topological polar surface area (TPSA) is 57.5 Å². The molecule has 1 aromatic heterocycles. The lowest BCUT2D eigenvalue weighted by molar-refractivity contribution is -0.123. The van der Waals surface area contributed by atoms with E-state index in [1.807, 2.05) is 19.1 Å². The van der Waals surface area contributed by atoms with Crippen LogP contribution in [0, 0.1) is 0 Å². The lowest BCUT2D eigenvalue weighted by Crippen LogP contribution is -2.50. The summed E-state index contributed by atoms with van der Waals surface area (Å²) in [6.45, 7) is 5.49. The van der Waals surface area contributed by atoms with E-state index in [2.05, 4.69) is 45.9 Å². The number of amides is 1. The second-order valence-corrected chi connectivity index (χ2v) is 6.72. The highest BCUT2D eigenvalue weighted by molar-refractivity contribution is 5.81. The van der Waals surface area contributed by atoms with Gasteiger partial charge in [-0.2, -0.15) is 0 Å². The molecule has 2 N–H and O–H groups in total. The first kappa shape index (κ1) is 17.7. The van der Waals surface area contributed by atoms with Crippen molar-refractivity contribution >= 4 is 5.91 Å². The van der Waals surface area contributed by atoms with Crippen LogP contribution in [-0.4, -0.2) is 36.0 Å². The van der Waals surface area contributed by atoms with Crippen molar-refractivity contribution in [3.8, 4) is 0 Å². The molecule has 1 amide bonds. The average molecular weight is 341 g/mol. The predicted molar refractivity (Wildman–Crippen MR) is 97.9 cm³/mol. The first-order chi connectivity index (χ1) is 12.2. The molecule has 0 radical (unpaired) electrons. The summed E-state index contributed by atoms with van der Waals surface area (Å²) in [4.78, 5) is 14.7. The molecule has 1 atom stereocenters. The standard InChI is InChI=1S/C20H27N3O2/c1-16(20(24)21-14-19-8-5-13-25-19)22-18-9-11-23(12-10-18)15-17-6-3-2-4-7-17/h2-8,13,16,18,22H,9-12,14-15H2,1H3,(H,21,24)/t16-/m0/s1. The monoisotopic (exact) mass is 341 g/mol. The first-order valence-electron chi connectivity index (χ1n) is 9.03. The third-order valence-electron chi connectivity index (χ3n) is 4.73. The maximum Gasteiger partial charge on any atom is 0.237 e. The van der Waals surface area contributed by atoms with E-state index in [0.717, 1.165) is 38.2 Å². The van der Waals surface area contributed by atoms with Gasteiger partial charge in [0.1, 0.15) is 5.76 Å². The molecule has 1 aromatic carbocycles. The van der Waals surface area contributed by atoms with Crippen molar-refractivity contribution in [3.63, 3.8) is 0 Å².